The first-order valence-corrected chi connectivity index (χ1v) is 10.9. The molecule has 2 rings (SSSR count). The average Bonchev–Trinajstić information content (AvgIpc) is 3.12. The van der Waals surface area contributed by atoms with E-state index in [9.17, 15) is 0 Å². The number of aromatic nitrogens is 1. The van der Waals surface area contributed by atoms with Crippen LogP contribution in [0.4, 0.5) is 0 Å². The second kappa shape index (κ2) is 12.3. The van der Waals surface area contributed by atoms with Gasteiger partial charge in [0.15, 0.2) is 5.96 Å². The molecule has 2 heterocycles. The van der Waals surface area contributed by atoms with Crippen LogP contribution in [0, 0.1) is 5.92 Å². The summed E-state index contributed by atoms with van der Waals surface area (Å²) in [6.45, 7) is 13.6. The van der Waals surface area contributed by atoms with E-state index in [2.05, 4.69) is 34.8 Å². The predicted molar refractivity (Wildman–Crippen MR) is 110 cm³/mol. The maximum absolute atomic E-state index is 5.37. The zero-order chi connectivity index (χ0) is 18.6. The number of nitrogens with zero attached hydrogens (tertiary/aromatic N) is 3. The van der Waals surface area contributed by atoms with E-state index < -0.39 is 0 Å². The van der Waals surface area contributed by atoms with Crippen LogP contribution in [0.3, 0.4) is 0 Å². The SMILES string of the molecule is CCNC(=NCC1CCN(Cc2csc(CC)n2)CC1)NCCOCC. The van der Waals surface area contributed by atoms with E-state index in [1.807, 2.05) is 6.92 Å². The first-order chi connectivity index (χ1) is 12.7. The topological polar surface area (TPSA) is 61.8 Å². The van der Waals surface area contributed by atoms with Crippen molar-refractivity contribution in [2.24, 2.45) is 10.9 Å². The molecule has 0 bridgehead atoms. The molecule has 0 unspecified atom stereocenters. The standard InChI is InChI=1S/C19H35N5OS/c1-4-18-23-17(15-26-18)14-24-10-7-16(8-11-24)13-22-19(20-5-2)21-9-12-25-6-3/h15-16H,4-14H2,1-3H3,(H2,20,21,22). The first kappa shape index (κ1) is 21.1. The van der Waals surface area contributed by atoms with E-state index in [4.69, 9.17) is 14.7 Å². The van der Waals surface area contributed by atoms with Crippen LogP contribution in [-0.2, 0) is 17.7 Å². The highest BCUT2D eigenvalue weighted by Crippen LogP contribution is 2.20. The number of likely N-dealkylation sites (tertiary alicyclic amines) is 1. The smallest absolute Gasteiger partial charge is 0.191 e. The van der Waals surface area contributed by atoms with Crippen molar-refractivity contribution in [1.82, 2.24) is 20.5 Å². The fraction of sp³-hybridized carbons (Fsp3) is 0.789. The third kappa shape index (κ3) is 7.60. The van der Waals surface area contributed by atoms with Gasteiger partial charge in [-0.3, -0.25) is 9.89 Å². The molecule has 0 amide bonds. The zero-order valence-corrected chi connectivity index (χ0v) is 17.4. The Morgan fingerprint density at radius 3 is 2.77 bits per heavy atom. The molecular weight excluding hydrogens is 346 g/mol. The molecule has 0 spiro atoms. The third-order valence-corrected chi connectivity index (χ3v) is 5.63. The summed E-state index contributed by atoms with van der Waals surface area (Å²) in [5, 5.41) is 10.1. The summed E-state index contributed by atoms with van der Waals surface area (Å²) in [6.07, 6.45) is 3.47. The van der Waals surface area contributed by atoms with Gasteiger partial charge in [0, 0.05) is 38.2 Å². The Bertz CT molecular complexity index is 526. The van der Waals surface area contributed by atoms with Gasteiger partial charge in [0.05, 0.1) is 17.3 Å². The van der Waals surface area contributed by atoms with Crippen molar-refractivity contribution in [1.29, 1.82) is 0 Å². The highest BCUT2D eigenvalue weighted by molar-refractivity contribution is 7.09. The fourth-order valence-corrected chi connectivity index (χ4v) is 3.82. The van der Waals surface area contributed by atoms with Gasteiger partial charge in [-0.15, -0.1) is 11.3 Å². The van der Waals surface area contributed by atoms with Gasteiger partial charge in [-0.05, 0) is 52.1 Å². The summed E-state index contributed by atoms with van der Waals surface area (Å²) in [5.74, 6) is 1.58. The van der Waals surface area contributed by atoms with Crippen molar-refractivity contribution in [2.75, 3.05) is 45.9 Å². The van der Waals surface area contributed by atoms with Gasteiger partial charge >= 0.3 is 0 Å². The van der Waals surface area contributed by atoms with Crippen molar-refractivity contribution in [2.45, 2.75) is 46.6 Å². The lowest BCUT2D eigenvalue weighted by Gasteiger charge is -2.30. The lowest BCUT2D eigenvalue weighted by Crippen LogP contribution is -2.40. The minimum absolute atomic E-state index is 0.676. The van der Waals surface area contributed by atoms with E-state index in [1.54, 1.807) is 11.3 Å². The van der Waals surface area contributed by atoms with Crippen molar-refractivity contribution in [3.63, 3.8) is 0 Å². The summed E-state index contributed by atoms with van der Waals surface area (Å²) in [6, 6.07) is 0. The molecule has 0 aromatic carbocycles. The molecule has 1 aromatic rings. The minimum Gasteiger partial charge on any atom is -0.380 e. The molecule has 1 aliphatic heterocycles. The van der Waals surface area contributed by atoms with Crippen LogP contribution in [0.1, 0.15) is 44.3 Å². The monoisotopic (exact) mass is 381 g/mol. The number of hydrogen-bond donors (Lipinski definition) is 2. The van der Waals surface area contributed by atoms with E-state index in [0.717, 1.165) is 64.9 Å². The number of aliphatic imine (C=N–C) groups is 1. The summed E-state index contributed by atoms with van der Waals surface area (Å²) >= 11 is 1.79. The number of rotatable bonds is 10. The van der Waals surface area contributed by atoms with Crippen molar-refractivity contribution < 1.29 is 4.74 Å². The Kier molecular flexibility index (Phi) is 9.95. The third-order valence-electron chi connectivity index (χ3n) is 4.59. The van der Waals surface area contributed by atoms with Crippen LogP contribution in [0.15, 0.2) is 10.4 Å². The number of ether oxygens (including phenoxy) is 1. The summed E-state index contributed by atoms with van der Waals surface area (Å²) < 4.78 is 5.37. The van der Waals surface area contributed by atoms with E-state index in [1.165, 1.54) is 23.5 Å². The first-order valence-electron chi connectivity index (χ1n) is 10.0. The highest BCUT2D eigenvalue weighted by atomic mass is 32.1. The van der Waals surface area contributed by atoms with E-state index >= 15 is 0 Å². The number of hydrogen-bond acceptors (Lipinski definition) is 5. The minimum atomic E-state index is 0.676. The lowest BCUT2D eigenvalue weighted by molar-refractivity contribution is 0.152. The van der Waals surface area contributed by atoms with Crippen molar-refractivity contribution in [3.8, 4) is 0 Å². The number of nitrogens with one attached hydrogen (secondary N) is 2. The molecule has 1 aliphatic rings. The molecule has 148 valence electrons. The molecule has 6 nitrogen and oxygen atoms in total. The van der Waals surface area contributed by atoms with Crippen LogP contribution in [0.2, 0.25) is 0 Å². The van der Waals surface area contributed by atoms with E-state index in [0.29, 0.717) is 5.92 Å². The van der Waals surface area contributed by atoms with Gasteiger partial charge in [-0.25, -0.2) is 4.98 Å². The number of aryl methyl sites for hydroxylation is 1. The fourth-order valence-electron chi connectivity index (χ4n) is 3.09. The van der Waals surface area contributed by atoms with Crippen LogP contribution in [0.25, 0.3) is 0 Å². The van der Waals surface area contributed by atoms with Crippen LogP contribution in [-0.4, -0.2) is 61.8 Å². The van der Waals surface area contributed by atoms with Gasteiger partial charge < -0.3 is 15.4 Å². The molecular formula is C19H35N5OS. The Labute approximate surface area is 162 Å². The second-order valence-electron chi connectivity index (χ2n) is 6.65. The van der Waals surface area contributed by atoms with Crippen LogP contribution >= 0.6 is 11.3 Å². The quantitative estimate of drug-likeness (QED) is 0.370. The molecule has 0 radical (unpaired) electrons. The molecule has 26 heavy (non-hydrogen) atoms. The van der Waals surface area contributed by atoms with Gasteiger partial charge in [-0.2, -0.15) is 0 Å². The molecule has 1 aromatic heterocycles. The maximum atomic E-state index is 5.37. The van der Waals surface area contributed by atoms with Gasteiger partial charge in [0.25, 0.3) is 0 Å². The molecule has 1 saturated heterocycles. The van der Waals surface area contributed by atoms with E-state index in [-0.39, 0.29) is 0 Å². The summed E-state index contributed by atoms with van der Waals surface area (Å²) in [4.78, 5) is 12.0. The number of piperidine rings is 1. The molecule has 7 heteroatoms. The Morgan fingerprint density at radius 2 is 2.12 bits per heavy atom. The van der Waals surface area contributed by atoms with Gasteiger partial charge in [0.2, 0.25) is 0 Å². The molecule has 0 atom stereocenters. The normalized spacial score (nSPS) is 16.8. The predicted octanol–water partition coefficient (Wildman–Crippen LogP) is 2.51. The molecule has 2 N–H and O–H groups in total. The Morgan fingerprint density at radius 1 is 1.31 bits per heavy atom. The second-order valence-corrected chi connectivity index (χ2v) is 7.59. The maximum Gasteiger partial charge on any atom is 0.191 e. The lowest BCUT2D eigenvalue weighted by atomic mass is 9.97. The molecule has 0 saturated carbocycles. The van der Waals surface area contributed by atoms with Gasteiger partial charge in [0.1, 0.15) is 0 Å². The van der Waals surface area contributed by atoms with Crippen molar-refractivity contribution in [3.05, 3.63) is 16.1 Å². The largest absolute Gasteiger partial charge is 0.380 e. The number of guanidine groups is 1. The van der Waals surface area contributed by atoms with Gasteiger partial charge in [-0.1, -0.05) is 6.92 Å². The Hall–Kier alpha value is -1.18. The summed E-state index contributed by atoms with van der Waals surface area (Å²) in [5.41, 5.74) is 1.23. The average molecular weight is 382 g/mol. The highest BCUT2D eigenvalue weighted by Gasteiger charge is 2.19. The van der Waals surface area contributed by atoms with Crippen LogP contribution < -0.4 is 10.6 Å². The van der Waals surface area contributed by atoms with Crippen LogP contribution in [0.5, 0.6) is 0 Å². The zero-order valence-electron chi connectivity index (χ0n) is 16.6. The Balaban J connectivity index is 1.70. The summed E-state index contributed by atoms with van der Waals surface area (Å²) in [7, 11) is 0. The molecule has 1 fully saturated rings. The van der Waals surface area contributed by atoms with Crippen molar-refractivity contribution >= 4 is 17.3 Å². The number of thiazole rings is 1. The molecule has 0 aliphatic carbocycles.